The second-order valence-corrected chi connectivity index (χ2v) is 10.3. The number of halogens is 2. The molecule has 4 aromatic rings. The first-order valence-electron chi connectivity index (χ1n) is 8.93. The van der Waals surface area contributed by atoms with E-state index < -0.39 is 10.0 Å². The lowest BCUT2D eigenvalue weighted by Gasteiger charge is -2.14. The maximum atomic E-state index is 12.8. The molecule has 0 aliphatic carbocycles. The maximum Gasteiger partial charge on any atom is 0.237 e. The fourth-order valence-electron chi connectivity index (χ4n) is 3.49. The van der Waals surface area contributed by atoms with Crippen LogP contribution in [0, 0.1) is 0 Å². The number of para-hydroxylation sites is 1. The van der Waals surface area contributed by atoms with Gasteiger partial charge < -0.3 is 5.32 Å². The van der Waals surface area contributed by atoms with Crippen molar-refractivity contribution in [1.29, 1.82) is 0 Å². The van der Waals surface area contributed by atoms with Gasteiger partial charge in [0.1, 0.15) is 5.82 Å². The topological polar surface area (TPSA) is 51.1 Å². The number of anilines is 1. The van der Waals surface area contributed by atoms with Gasteiger partial charge in [0.25, 0.3) is 0 Å². The Kier molecular flexibility index (Phi) is 5.55. The first-order valence-corrected chi connectivity index (χ1v) is 12.4. The molecule has 0 saturated heterocycles. The summed E-state index contributed by atoms with van der Waals surface area (Å²) in [6.45, 7) is 0.489. The SMILES string of the molecule is CS(=O)(=O)n1c(NCc2cccc(Br)c2)c(-c2ccccc2Br)c2ccccc21. The second kappa shape index (κ2) is 7.97. The summed E-state index contributed by atoms with van der Waals surface area (Å²) in [6.07, 6.45) is 1.23. The summed E-state index contributed by atoms with van der Waals surface area (Å²) in [7, 11) is -3.54. The Bertz CT molecular complexity index is 1310. The number of nitrogens with one attached hydrogen (secondary N) is 1. The third-order valence-corrected chi connectivity index (χ3v) is 6.88. The Morgan fingerprint density at radius 3 is 2.38 bits per heavy atom. The molecule has 0 atom stereocenters. The van der Waals surface area contributed by atoms with E-state index in [4.69, 9.17) is 0 Å². The van der Waals surface area contributed by atoms with Gasteiger partial charge in [0.05, 0.1) is 11.8 Å². The molecule has 4 nitrogen and oxygen atoms in total. The first-order chi connectivity index (χ1) is 13.9. The number of rotatable bonds is 5. The maximum absolute atomic E-state index is 12.8. The molecule has 1 N–H and O–H groups in total. The largest absolute Gasteiger partial charge is 0.366 e. The van der Waals surface area contributed by atoms with E-state index in [2.05, 4.69) is 37.2 Å². The monoisotopic (exact) mass is 532 g/mol. The molecule has 1 aromatic heterocycles. The normalized spacial score (nSPS) is 11.7. The molecule has 7 heteroatoms. The number of benzene rings is 3. The molecule has 0 aliphatic rings. The molecule has 0 bridgehead atoms. The van der Waals surface area contributed by atoms with E-state index >= 15 is 0 Å². The van der Waals surface area contributed by atoms with Crippen LogP contribution in [0.25, 0.3) is 22.0 Å². The first kappa shape index (κ1) is 20.2. The number of nitrogens with zero attached hydrogens (tertiary/aromatic N) is 1. The average Bonchev–Trinajstić information content (AvgIpc) is 3.01. The lowest BCUT2D eigenvalue weighted by Crippen LogP contribution is -2.14. The Labute approximate surface area is 186 Å². The van der Waals surface area contributed by atoms with E-state index in [9.17, 15) is 8.42 Å². The van der Waals surface area contributed by atoms with E-state index in [0.717, 1.165) is 31.0 Å². The van der Waals surface area contributed by atoms with Gasteiger partial charge in [0.2, 0.25) is 10.0 Å². The molecule has 0 radical (unpaired) electrons. The predicted molar refractivity (Wildman–Crippen MR) is 127 cm³/mol. The van der Waals surface area contributed by atoms with Crippen molar-refractivity contribution in [3.8, 4) is 11.1 Å². The molecule has 3 aromatic carbocycles. The van der Waals surface area contributed by atoms with E-state index in [0.29, 0.717) is 17.9 Å². The molecule has 1 heterocycles. The zero-order valence-electron chi connectivity index (χ0n) is 15.6. The molecule has 0 saturated carbocycles. The van der Waals surface area contributed by atoms with Gasteiger partial charge in [-0.2, -0.15) is 0 Å². The van der Waals surface area contributed by atoms with Crippen molar-refractivity contribution >= 4 is 58.6 Å². The Morgan fingerprint density at radius 1 is 0.931 bits per heavy atom. The zero-order chi connectivity index (χ0) is 20.6. The Morgan fingerprint density at radius 2 is 1.66 bits per heavy atom. The van der Waals surface area contributed by atoms with Crippen molar-refractivity contribution in [2.75, 3.05) is 11.6 Å². The molecule has 0 amide bonds. The molecule has 29 heavy (non-hydrogen) atoms. The molecule has 148 valence electrons. The highest BCUT2D eigenvalue weighted by molar-refractivity contribution is 9.10. The van der Waals surface area contributed by atoms with Crippen LogP contribution in [0.3, 0.4) is 0 Å². The number of aromatic nitrogens is 1. The van der Waals surface area contributed by atoms with Gasteiger partial charge in [-0.25, -0.2) is 12.4 Å². The number of fused-ring (bicyclic) bond motifs is 1. The van der Waals surface area contributed by atoms with Crippen molar-refractivity contribution in [1.82, 2.24) is 3.97 Å². The van der Waals surface area contributed by atoms with Gasteiger partial charge in [-0.15, -0.1) is 0 Å². The third-order valence-electron chi connectivity index (χ3n) is 4.66. The van der Waals surface area contributed by atoms with Crippen molar-refractivity contribution in [2.24, 2.45) is 0 Å². The van der Waals surface area contributed by atoms with Gasteiger partial charge in [0, 0.05) is 32.0 Å². The minimum atomic E-state index is -3.54. The molecule has 4 rings (SSSR count). The van der Waals surface area contributed by atoms with E-state index in [-0.39, 0.29) is 0 Å². The smallest absolute Gasteiger partial charge is 0.237 e. The average molecular weight is 534 g/mol. The Balaban J connectivity index is 1.97. The van der Waals surface area contributed by atoms with Gasteiger partial charge in [-0.3, -0.25) is 0 Å². The van der Waals surface area contributed by atoms with Crippen LogP contribution in [0.15, 0.2) is 81.7 Å². The fourth-order valence-corrected chi connectivity index (χ4v) is 5.42. The third kappa shape index (κ3) is 3.99. The summed E-state index contributed by atoms with van der Waals surface area (Å²) >= 11 is 7.11. The summed E-state index contributed by atoms with van der Waals surface area (Å²) in [4.78, 5) is 0. The van der Waals surface area contributed by atoms with Crippen LogP contribution in [0.2, 0.25) is 0 Å². The standard InChI is InChI=1S/C22H18Br2N2O2S/c1-29(27,28)26-20-12-5-3-10-18(20)21(17-9-2-4-11-19(17)24)22(26)25-14-15-7-6-8-16(23)13-15/h2-13,25H,14H2,1H3. The lowest BCUT2D eigenvalue weighted by molar-refractivity contribution is 0.595. The lowest BCUT2D eigenvalue weighted by atomic mass is 10.0. The van der Waals surface area contributed by atoms with Crippen LogP contribution >= 0.6 is 31.9 Å². The van der Waals surface area contributed by atoms with Crippen LogP contribution in [-0.4, -0.2) is 18.6 Å². The summed E-state index contributed by atoms with van der Waals surface area (Å²) < 4.78 is 28.8. The van der Waals surface area contributed by atoms with E-state index in [1.54, 1.807) is 0 Å². The summed E-state index contributed by atoms with van der Waals surface area (Å²) in [5, 5.41) is 4.27. The van der Waals surface area contributed by atoms with Crippen molar-refractivity contribution in [3.63, 3.8) is 0 Å². The summed E-state index contributed by atoms with van der Waals surface area (Å²) in [5.74, 6) is 0.556. The van der Waals surface area contributed by atoms with Crippen LogP contribution in [-0.2, 0) is 16.6 Å². The second-order valence-electron chi connectivity index (χ2n) is 6.73. The fraction of sp³-hybridized carbons (Fsp3) is 0.0909. The van der Waals surface area contributed by atoms with E-state index in [1.807, 2.05) is 72.8 Å². The van der Waals surface area contributed by atoms with Crippen LogP contribution in [0.4, 0.5) is 5.82 Å². The van der Waals surface area contributed by atoms with E-state index in [1.165, 1.54) is 10.2 Å². The van der Waals surface area contributed by atoms with Gasteiger partial charge >= 0.3 is 0 Å². The van der Waals surface area contributed by atoms with Gasteiger partial charge in [0.15, 0.2) is 0 Å². The van der Waals surface area contributed by atoms with Crippen molar-refractivity contribution in [3.05, 3.63) is 87.3 Å². The minimum absolute atomic E-state index is 0.489. The van der Waals surface area contributed by atoms with Gasteiger partial charge in [-0.05, 0) is 29.8 Å². The van der Waals surface area contributed by atoms with Crippen molar-refractivity contribution < 1.29 is 8.42 Å². The van der Waals surface area contributed by atoms with Crippen LogP contribution in [0.5, 0.6) is 0 Å². The predicted octanol–water partition coefficient (Wildman–Crippen LogP) is 6.25. The molecular formula is C22H18Br2N2O2S. The Hall–Kier alpha value is -2.09. The molecule has 0 aliphatic heterocycles. The summed E-state index contributed by atoms with van der Waals surface area (Å²) in [5.41, 5.74) is 3.48. The molecule has 0 unspecified atom stereocenters. The highest BCUT2D eigenvalue weighted by Gasteiger charge is 2.24. The molecule has 0 fully saturated rings. The molecule has 0 spiro atoms. The highest BCUT2D eigenvalue weighted by Crippen LogP contribution is 2.42. The summed E-state index contributed by atoms with van der Waals surface area (Å²) in [6, 6.07) is 23.3. The van der Waals surface area contributed by atoms with Crippen LogP contribution in [0.1, 0.15) is 5.56 Å². The highest BCUT2D eigenvalue weighted by atomic mass is 79.9. The zero-order valence-corrected chi connectivity index (χ0v) is 19.6. The van der Waals surface area contributed by atoms with Crippen LogP contribution < -0.4 is 5.32 Å². The quantitative estimate of drug-likeness (QED) is 0.329. The number of hydrogen-bond donors (Lipinski definition) is 1. The minimum Gasteiger partial charge on any atom is -0.366 e. The van der Waals surface area contributed by atoms with Gasteiger partial charge in [-0.1, -0.05) is 80.4 Å². The number of hydrogen-bond acceptors (Lipinski definition) is 3. The molecular weight excluding hydrogens is 516 g/mol. The van der Waals surface area contributed by atoms with Crippen molar-refractivity contribution in [2.45, 2.75) is 6.54 Å².